The summed E-state index contributed by atoms with van der Waals surface area (Å²) in [4.78, 5) is 0. The maximum absolute atomic E-state index is 6.63. The lowest BCUT2D eigenvalue weighted by Gasteiger charge is -2.44. The lowest BCUT2D eigenvalue weighted by atomic mass is 9.64. The van der Waals surface area contributed by atoms with Gasteiger partial charge < -0.3 is 4.74 Å². The second kappa shape index (κ2) is 12.0. The van der Waals surface area contributed by atoms with Gasteiger partial charge in [-0.25, -0.2) is 0 Å². The summed E-state index contributed by atoms with van der Waals surface area (Å²) in [5, 5.41) is 0. The fourth-order valence-electron chi connectivity index (χ4n) is 6.89. The summed E-state index contributed by atoms with van der Waals surface area (Å²) in [5.74, 6) is 3.11. The fourth-order valence-corrected chi connectivity index (χ4v) is 6.89. The number of rotatable bonds is 10. The first-order valence-electron chi connectivity index (χ1n) is 13.4. The third-order valence-corrected chi connectivity index (χ3v) is 8.82. The van der Waals surface area contributed by atoms with Crippen molar-refractivity contribution >= 4 is 0 Å². The molecule has 3 saturated carbocycles. The van der Waals surface area contributed by atoms with E-state index in [1.165, 1.54) is 122 Å². The van der Waals surface area contributed by atoms with Crippen molar-refractivity contribution in [3.05, 3.63) is 0 Å². The van der Waals surface area contributed by atoms with Gasteiger partial charge in [-0.3, -0.25) is 0 Å². The Hall–Kier alpha value is -0.0400. The SMILES string of the molecule is CCCCCC1CCC(OCC2(CCC)CCC(C3CCCCC3)CC2)CC1. The van der Waals surface area contributed by atoms with Gasteiger partial charge in [-0.1, -0.05) is 78.1 Å². The summed E-state index contributed by atoms with van der Waals surface area (Å²) in [5.41, 5.74) is 0.526. The van der Waals surface area contributed by atoms with E-state index in [2.05, 4.69) is 13.8 Å². The van der Waals surface area contributed by atoms with E-state index >= 15 is 0 Å². The van der Waals surface area contributed by atoms with Crippen molar-refractivity contribution in [1.29, 1.82) is 0 Å². The van der Waals surface area contributed by atoms with Crippen LogP contribution in [0.2, 0.25) is 0 Å². The van der Waals surface area contributed by atoms with Crippen molar-refractivity contribution in [2.24, 2.45) is 23.2 Å². The minimum atomic E-state index is 0.526. The zero-order chi connectivity index (χ0) is 19.7. The summed E-state index contributed by atoms with van der Waals surface area (Å²) < 4.78 is 6.63. The summed E-state index contributed by atoms with van der Waals surface area (Å²) >= 11 is 0. The van der Waals surface area contributed by atoms with E-state index in [0.717, 1.165) is 24.4 Å². The third kappa shape index (κ3) is 6.75. The lowest BCUT2D eigenvalue weighted by Crippen LogP contribution is -2.36. The molecule has 0 N–H and O–H groups in total. The van der Waals surface area contributed by atoms with Crippen LogP contribution in [0.15, 0.2) is 0 Å². The maximum Gasteiger partial charge on any atom is 0.0575 e. The van der Waals surface area contributed by atoms with Crippen molar-refractivity contribution in [1.82, 2.24) is 0 Å². The van der Waals surface area contributed by atoms with Crippen molar-refractivity contribution in [3.63, 3.8) is 0 Å². The van der Waals surface area contributed by atoms with Crippen molar-refractivity contribution in [2.75, 3.05) is 6.61 Å². The second-order valence-corrected chi connectivity index (χ2v) is 10.9. The maximum atomic E-state index is 6.63. The first-order chi connectivity index (χ1) is 13.7. The van der Waals surface area contributed by atoms with Crippen LogP contribution in [-0.4, -0.2) is 12.7 Å². The molecule has 3 fully saturated rings. The molecular weight excluding hydrogens is 340 g/mol. The quantitative estimate of drug-likeness (QED) is 0.339. The van der Waals surface area contributed by atoms with Gasteiger partial charge >= 0.3 is 0 Å². The molecule has 0 aromatic carbocycles. The Morgan fingerprint density at radius 3 is 2.04 bits per heavy atom. The molecule has 28 heavy (non-hydrogen) atoms. The standard InChI is InChI=1S/C27H50O/c1-3-5-7-10-23-13-15-26(16-14-23)28-22-27(19-4-2)20-17-25(18-21-27)24-11-8-6-9-12-24/h23-26H,3-22H2,1-2H3. The average Bonchev–Trinajstić information content (AvgIpc) is 2.75. The van der Waals surface area contributed by atoms with Crippen LogP contribution in [-0.2, 0) is 4.74 Å². The molecule has 0 spiro atoms. The van der Waals surface area contributed by atoms with Crippen LogP contribution in [0, 0.1) is 23.2 Å². The highest BCUT2D eigenvalue weighted by Gasteiger charge is 2.38. The van der Waals surface area contributed by atoms with Gasteiger partial charge in [0.2, 0.25) is 0 Å². The highest BCUT2D eigenvalue weighted by Crippen LogP contribution is 2.47. The van der Waals surface area contributed by atoms with Crippen LogP contribution in [0.5, 0.6) is 0 Å². The molecule has 0 radical (unpaired) electrons. The Labute approximate surface area is 176 Å². The van der Waals surface area contributed by atoms with Gasteiger partial charge in [-0.2, -0.15) is 0 Å². The Kier molecular flexibility index (Phi) is 9.68. The van der Waals surface area contributed by atoms with Crippen LogP contribution >= 0.6 is 0 Å². The Bertz CT molecular complexity index is 394. The lowest BCUT2D eigenvalue weighted by molar-refractivity contribution is -0.0561. The van der Waals surface area contributed by atoms with E-state index in [1.54, 1.807) is 0 Å². The molecule has 0 bridgehead atoms. The minimum absolute atomic E-state index is 0.526. The largest absolute Gasteiger partial charge is 0.378 e. The Morgan fingerprint density at radius 2 is 1.39 bits per heavy atom. The van der Waals surface area contributed by atoms with E-state index in [-0.39, 0.29) is 0 Å². The van der Waals surface area contributed by atoms with E-state index in [4.69, 9.17) is 4.74 Å². The molecule has 0 amide bonds. The number of hydrogen-bond acceptors (Lipinski definition) is 1. The van der Waals surface area contributed by atoms with Gasteiger partial charge in [-0.15, -0.1) is 0 Å². The molecule has 1 nitrogen and oxygen atoms in total. The van der Waals surface area contributed by atoms with Gasteiger partial charge in [0, 0.05) is 0 Å². The predicted octanol–water partition coefficient (Wildman–Crippen LogP) is 8.70. The van der Waals surface area contributed by atoms with Gasteiger partial charge in [0.15, 0.2) is 0 Å². The highest BCUT2D eigenvalue weighted by atomic mass is 16.5. The first kappa shape index (κ1) is 22.6. The van der Waals surface area contributed by atoms with Crippen molar-refractivity contribution in [3.8, 4) is 0 Å². The topological polar surface area (TPSA) is 9.23 Å². The Morgan fingerprint density at radius 1 is 0.714 bits per heavy atom. The zero-order valence-corrected chi connectivity index (χ0v) is 19.4. The van der Waals surface area contributed by atoms with Crippen LogP contribution in [0.4, 0.5) is 0 Å². The van der Waals surface area contributed by atoms with Crippen LogP contribution in [0.1, 0.15) is 136 Å². The molecule has 0 aliphatic heterocycles. The third-order valence-electron chi connectivity index (χ3n) is 8.82. The van der Waals surface area contributed by atoms with Gasteiger partial charge in [-0.05, 0) is 81.0 Å². The molecule has 164 valence electrons. The smallest absolute Gasteiger partial charge is 0.0575 e. The Balaban J connectivity index is 1.39. The van der Waals surface area contributed by atoms with E-state index in [1.807, 2.05) is 0 Å². The molecule has 0 heterocycles. The molecule has 3 aliphatic rings. The second-order valence-electron chi connectivity index (χ2n) is 10.9. The molecule has 3 rings (SSSR count). The van der Waals surface area contributed by atoms with Gasteiger partial charge in [0.05, 0.1) is 12.7 Å². The normalized spacial score (nSPS) is 35.1. The summed E-state index contributed by atoms with van der Waals surface area (Å²) in [7, 11) is 0. The number of ether oxygens (including phenoxy) is 1. The number of unbranched alkanes of at least 4 members (excludes halogenated alkanes) is 2. The minimum Gasteiger partial charge on any atom is -0.378 e. The average molecular weight is 391 g/mol. The van der Waals surface area contributed by atoms with Gasteiger partial charge in [0.25, 0.3) is 0 Å². The monoisotopic (exact) mass is 390 g/mol. The van der Waals surface area contributed by atoms with E-state index < -0.39 is 0 Å². The molecule has 1 heteroatoms. The molecule has 0 unspecified atom stereocenters. The summed E-state index contributed by atoms with van der Waals surface area (Å²) in [6.07, 6.45) is 28.0. The van der Waals surface area contributed by atoms with E-state index in [0.29, 0.717) is 11.5 Å². The van der Waals surface area contributed by atoms with E-state index in [9.17, 15) is 0 Å². The summed E-state index contributed by atoms with van der Waals surface area (Å²) in [6.45, 7) is 5.78. The summed E-state index contributed by atoms with van der Waals surface area (Å²) in [6, 6.07) is 0. The van der Waals surface area contributed by atoms with Crippen molar-refractivity contribution in [2.45, 2.75) is 142 Å². The predicted molar refractivity (Wildman–Crippen MR) is 122 cm³/mol. The molecule has 0 aromatic heterocycles. The van der Waals surface area contributed by atoms with Crippen LogP contribution in [0.3, 0.4) is 0 Å². The zero-order valence-electron chi connectivity index (χ0n) is 19.4. The van der Waals surface area contributed by atoms with Gasteiger partial charge in [0.1, 0.15) is 0 Å². The first-order valence-corrected chi connectivity index (χ1v) is 13.4. The highest BCUT2D eigenvalue weighted by molar-refractivity contribution is 4.89. The molecule has 0 atom stereocenters. The molecule has 0 saturated heterocycles. The fraction of sp³-hybridized carbons (Fsp3) is 1.00. The number of hydrogen-bond donors (Lipinski definition) is 0. The molecule has 0 aromatic rings. The van der Waals surface area contributed by atoms with Crippen LogP contribution in [0.25, 0.3) is 0 Å². The van der Waals surface area contributed by atoms with Crippen LogP contribution < -0.4 is 0 Å². The molecule has 3 aliphatic carbocycles. The molecular formula is C27H50O. The van der Waals surface area contributed by atoms with Crippen molar-refractivity contribution < 1.29 is 4.74 Å².